The number of alkyl halides is 3. The molecule has 2 rings (SSSR count). The van der Waals surface area contributed by atoms with Crippen molar-refractivity contribution in [1.29, 1.82) is 0 Å². The first-order chi connectivity index (χ1) is 8.30. The third kappa shape index (κ3) is 1.94. The van der Waals surface area contributed by atoms with E-state index in [4.69, 9.17) is 5.11 Å². The van der Waals surface area contributed by atoms with E-state index in [2.05, 4.69) is 4.98 Å². The van der Waals surface area contributed by atoms with Crippen molar-refractivity contribution in [3.63, 3.8) is 0 Å². The molecule has 4 nitrogen and oxygen atoms in total. The van der Waals surface area contributed by atoms with Crippen molar-refractivity contribution in [2.24, 2.45) is 0 Å². The Kier molecular flexibility index (Phi) is 2.61. The smallest absolute Gasteiger partial charge is 0.431 e. The fraction of sp³-hybridized carbons (Fsp3) is 0.0909. The number of aromatic amines is 1. The molecule has 0 aliphatic carbocycles. The minimum Gasteiger partial charge on any atom is -0.475 e. The van der Waals surface area contributed by atoms with Crippen LogP contribution in [-0.4, -0.2) is 21.8 Å². The number of fused-ring (bicyclic) bond motifs is 1. The second kappa shape index (κ2) is 3.86. The Labute approximate surface area is 98.0 Å². The van der Waals surface area contributed by atoms with Crippen LogP contribution < -0.4 is 0 Å². The lowest BCUT2D eigenvalue weighted by molar-refractivity contribution is -0.140. The lowest BCUT2D eigenvalue weighted by Crippen LogP contribution is -2.12. The first-order valence-corrected chi connectivity index (χ1v) is 4.77. The van der Waals surface area contributed by atoms with Crippen LogP contribution in [0.15, 0.2) is 24.3 Å². The molecule has 0 saturated carbocycles. The lowest BCUT2D eigenvalue weighted by Gasteiger charge is -2.00. The lowest BCUT2D eigenvalue weighted by atomic mass is 10.1. The summed E-state index contributed by atoms with van der Waals surface area (Å²) in [6, 6.07) is 4.55. The predicted molar refractivity (Wildman–Crippen MR) is 55.3 cm³/mol. The quantitative estimate of drug-likeness (QED) is 0.641. The van der Waals surface area contributed by atoms with E-state index in [1.165, 1.54) is 18.2 Å². The van der Waals surface area contributed by atoms with Gasteiger partial charge < -0.3 is 10.1 Å². The van der Waals surface area contributed by atoms with Gasteiger partial charge in [-0.2, -0.15) is 13.2 Å². The van der Waals surface area contributed by atoms with Crippen molar-refractivity contribution in [2.45, 2.75) is 6.18 Å². The van der Waals surface area contributed by atoms with Crippen molar-refractivity contribution in [1.82, 2.24) is 4.98 Å². The van der Waals surface area contributed by atoms with Crippen LogP contribution in [0.2, 0.25) is 0 Å². The third-order valence-electron chi connectivity index (χ3n) is 2.41. The molecule has 1 heterocycles. The summed E-state index contributed by atoms with van der Waals surface area (Å²) in [4.78, 5) is 24.0. The summed E-state index contributed by atoms with van der Waals surface area (Å²) in [6.07, 6.45) is -4.58. The van der Waals surface area contributed by atoms with Gasteiger partial charge in [-0.15, -0.1) is 0 Å². The zero-order valence-corrected chi connectivity index (χ0v) is 8.71. The molecule has 0 spiro atoms. The summed E-state index contributed by atoms with van der Waals surface area (Å²) < 4.78 is 37.5. The molecular weight excluding hydrogens is 251 g/mol. The van der Waals surface area contributed by atoms with Crippen LogP contribution in [0, 0.1) is 0 Å². The first-order valence-electron chi connectivity index (χ1n) is 4.77. The minimum atomic E-state index is -4.58. The van der Waals surface area contributed by atoms with Gasteiger partial charge in [-0.1, -0.05) is 12.1 Å². The van der Waals surface area contributed by atoms with Crippen LogP contribution >= 0.6 is 0 Å². The van der Waals surface area contributed by atoms with Crippen LogP contribution in [0.4, 0.5) is 13.2 Å². The van der Waals surface area contributed by atoms with Gasteiger partial charge in [0.2, 0.25) is 0 Å². The van der Waals surface area contributed by atoms with Crippen LogP contribution in [0.25, 0.3) is 10.9 Å². The Morgan fingerprint density at radius 1 is 1.22 bits per heavy atom. The molecular formula is C11H6F3NO3. The summed E-state index contributed by atoms with van der Waals surface area (Å²) in [6.45, 7) is 0. The maximum atomic E-state index is 12.5. The number of benzene rings is 1. The van der Waals surface area contributed by atoms with Gasteiger partial charge in [0.15, 0.2) is 0 Å². The Balaban J connectivity index is 2.67. The highest BCUT2D eigenvalue weighted by molar-refractivity contribution is 6.42. The van der Waals surface area contributed by atoms with Crippen LogP contribution in [0.5, 0.6) is 0 Å². The Morgan fingerprint density at radius 3 is 2.44 bits per heavy atom. The number of hydrogen-bond donors (Lipinski definition) is 2. The van der Waals surface area contributed by atoms with Gasteiger partial charge in [0.25, 0.3) is 5.78 Å². The number of H-pyrrole nitrogens is 1. The predicted octanol–water partition coefficient (Wildman–Crippen LogP) is 2.45. The highest BCUT2D eigenvalue weighted by Gasteiger charge is 2.33. The number of aliphatic carboxylic acids is 1. The van der Waals surface area contributed by atoms with E-state index in [-0.39, 0.29) is 16.5 Å². The highest BCUT2D eigenvalue weighted by atomic mass is 19.4. The molecule has 0 radical (unpaired) electrons. The zero-order chi connectivity index (χ0) is 13.5. The number of carboxylic acid groups (broad SMARTS) is 1. The molecule has 0 bridgehead atoms. The normalized spacial score (nSPS) is 11.7. The van der Waals surface area contributed by atoms with E-state index >= 15 is 0 Å². The Hall–Kier alpha value is -2.31. The van der Waals surface area contributed by atoms with Crippen LogP contribution in [0.1, 0.15) is 16.1 Å². The van der Waals surface area contributed by atoms with Crippen molar-refractivity contribution in [3.8, 4) is 0 Å². The minimum absolute atomic E-state index is 0.0581. The number of nitrogens with one attached hydrogen (secondary N) is 1. The molecule has 0 atom stereocenters. The van der Waals surface area contributed by atoms with Gasteiger partial charge in [-0.3, -0.25) is 4.79 Å². The second-order valence-electron chi connectivity index (χ2n) is 3.58. The van der Waals surface area contributed by atoms with E-state index in [0.717, 1.165) is 6.07 Å². The third-order valence-corrected chi connectivity index (χ3v) is 2.41. The molecule has 0 saturated heterocycles. The van der Waals surface area contributed by atoms with Gasteiger partial charge in [-0.25, -0.2) is 4.79 Å². The average Bonchev–Trinajstić information content (AvgIpc) is 2.70. The molecule has 2 aromatic rings. The van der Waals surface area contributed by atoms with Gasteiger partial charge in [0.1, 0.15) is 5.69 Å². The van der Waals surface area contributed by atoms with Crippen LogP contribution in [-0.2, 0) is 11.0 Å². The second-order valence-corrected chi connectivity index (χ2v) is 3.58. The topological polar surface area (TPSA) is 70.2 Å². The monoisotopic (exact) mass is 257 g/mol. The van der Waals surface area contributed by atoms with Crippen molar-refractivity contribution >= 4 is 22.7 Å². The Morgan fingerprint density at radius 2 is 1.89 bits per heavy atom. The van der Waals surface area contributed by atoms with E-state index < -0.39 is 23.6 Å². The largest absolute Gasteiger partial charge is 0.475 e. The molecule has 0 aliphatic heterocycles. The van der Waals surface area contributed by atoms with Crippen LogP contribution in [0.3, 0.4) is 0 Å². The molecule has 0 amide bonds. The van der Waals surface area contributed by atoms with Crippen molar-refractivity contribution < 1.29 is 27.9 Å². The maximum Gasteiger partial charge on any atom is 0.431 e. The van der Waals surface area contributed by atoms with E-state index in [1.807, 2.05) is 0 Å². The number of Topliss-reactive ketones (excluding diaryl/α,β-unsaturated/α-hetero) is 1. The molecule has 1 aromatic heterocycles. The number of rotatable bonds is 2. The van der Waals surface area contributed by atoms with E-state index in [0.29, 0.717) is 0 Å². The molecule has 7 heteroatoms. The summed E-state index contributed by atoms with van der Waals surface area (Å²) >= 11 is 0. The summed E-state index contributed by atoms with van der Waals surface area (Å²) in [5, 5.41) is 8.52. The molecule has 2 N–H and O–H groups in total. The number of halogens is 3. The molecule has 0 fully saturated rings. The fourth-order valence-electron chi connectivity index (χ4n) is 1.62. The molecule has 0 unspecified atom stereocenters. The van der Waals surface area contributed by atoms with Gasteiger partial charge in [0, 0.05) is 16.5 Å². The zero-order valence-electron chi connectivity index (χ0n) is 8.71. The number of hydrogen-bond acceptors (Lipinski definition) is 2. The number of carbonyl (C=O) groups is 2. The summed E-state index contributed by atoms with van der Waals surface area (Å²) in [5.41, 5.74) is -1.23. The van der Waals surface area contributed by atoms with Gasteiger partial charge in [0.05, 0.1) is 0 Å². The van der Waals surface area contributed by atoms with Gasteiger partial charge >= 0.3 is 12.1 Å². The fourth-order valence-corrected chi connectivity index (χ4v) is 1.62. The molecule has 18 heavy (non-hydrogen) atoms. The number of carboxylic acids is 1. The Bertz CT molecular complexity index is 643. The molecule has 0 aliphatic rings. The number of ketones is 1. The molecule has 94 valence electrons. The average molecular weight is 257 g/mol. The van der Waals surface area contributed by atoms with E-state index in [9.17, 15) is 22.8 Å². The van der Waals surface area contributed by atoms with Crippen molar-refractivity contribution in [2.75, 3.05) is 0 Å². The number of carbonyl (C=O) groups excluding carboxylic acids is 1. The highest BCUT2D eigenvalue weighted by Crippen LogP contribution is 2.32. The standard InChI is InChI=1S/C11H6F3NO3/c12-11(13,14)8-4-6-5(9(16)10(17)18)2-1-3-7(6)15-8/h1-4,15H,(H,17,18). The summed E-state index contributed by atoms with van der Waals surface area (Å²) in [7, 11) is 0. The van der Waals surface area contributed by atoms with E-state index in [1.54, 1.807) is 0 Å². The first kappa shape index (κ1) is 12.2. The number of aromatic nitrogens is 1. The van der Waals surface area contributed by atoms with Gasteiger partial charge in [-0.05, 0) is 12.1 Å². The maximum absolute atomic E-state index is 12.5. The SMILES string of the molecule is O=C(O)C(=O)c1cccc2[nH]c(C(F)(F)F)cc12. The van der Waals surface area contributed by atoms with Crippen molar-refractivity contribution in [3.05, 3.63) is 35.5 Å². The molecule has 1 aromatic carbocycles. The summed E-state index contributed by atoms with van der Waals surface area (Å²) in [5.74, 6) is -2.95.